The summed E-state index contributed by atoms with van der Waals surface area (Å²) in [6.45, 7) is 4.85. The summed E-state index contributed by atoms with van der Waals surface area (Å²) in [7, 11) is 0. The van der Waals surface area contributed by atoms with E-state index < -0.39 is 12.0 Å². The maximum Gasteiger partial charge on any atom is 0.326 e. The molecule has 0 aromatic carbocycles. The van der Waals surface area contributed by atoms with Gasteiger partial charge in [-0.3, -0.25) is 9.59 Å². The van der Waals surface area contributed by atoms with Gasteiger partial charge >= 0.3 is 11.9 Å². The van der Waals surface area contributed by atoms with Crippen molar-refractivity contribution in [3.05, 3.63) is 12.2 Å². The smallest absolute Gasteiger partial charge is 0.326 e. The third-order valence-corrected chi connectivity index (χ3v) is 8.58. The molecule has 4 N–H and O–H groups in total. The fraction of sp³-hybridized carbons (Fsp3) is 0.868. The molecule has 0 aliphatic heterocycles. The molecule has 2 atom stereocenters. The topological polar surface area (TPSA) is 119 Å². The van der Waals surface area contributed by atoms with E-state index in [9.17, 15) is 19.5 Å². The van der Waals surface area contributed by atoms with Crippen molar-refractivity contribution in [1.29, 1.82) is 0 Å². The number of rotatable bonds is 34. The summed E-state index contributed by atoms with van der Waals surface area (Å²) in [6.07, 6.45) is 34.3. The summed E-state index contributed by atoms with van der Waals surface area (Å²) in [5.74, 6) is -1.32. The Hall–Kier alpha value is -1.89. The Bertz CT molecular complexity index is 727. The number of hydrogen-bond acceptors (Lipinski definition) is 5. The van der Waals surface area contributed by atoms with Crippen LogP contribution in [0.25, 0.3) is 0 Å². The van der Waals surface area contributed by atoms with Crippen LogP contribution in [0, 0.1) is 0 Å². The monoisotopic (exact) mass is 637 g/mol. The second-order valence-electron chi connectivity index (χ2n) is 13.0. The van der Waals surface area contributed by atoms with Crippen molar-refractivity contribution in [1.82, 2.24) is 5.32 Å². The van der Waals surface area contributed by atoms with Crippen LogP contribution in [0.4, 0.5) is 0 Å². The van der Waals surface area contributed by atoms with E-state index in [0.29, 0.717) is 38.6 Å². The van der Waals surface area contributed by atoms with E-state index in [-0.39, 0.29) is 18.0 Å². The van der Waals surface area contributed by atoms with Crippen LogP contribution in [0.5, 0.6) is 0 Å². The first-order chi connectivity index (χ1) is 21.9. The lowest BCUT2D eigenvalue weighted by atomic mass is 10.0. The Kier molecular flexibility index (Phi) is 32.1. The molecule has 0 saturated heterocycles. The van der Waals surface area contributed by atoms with Gasteiger partial charge in [-0.15, -0.1) is 0 Å². The summed E-state index contributed by atoms with van der Waals surface area (Å²) in [6, 6.07) is -0.870. The highest BCUT2D eigenvalue weighted by Crippen LogP contribution is 2.17. The quantitative estimate of drug-likeness (QED) is 0.0367. The van der Waals surface area contributed by atoms with Gasteiger partial charge in [0.15, 0.2) is 0 Å². The minimum absolute atomic E-state index is 0.0462. The lowest BCUT2D eigenvalue weighted by Gasteiger charge is -2.18. The molecule has 7 heteroatoms. The van der Waals surface area contributed by atoms with Crippen LogP contribution in [-0.2, 0) is 19.1 Å². The third kappa shape index (κ3) is 30.5. The first-order valence-corrected chi connectivity index (χ1v) is 19.0. The van der Waals surface area contributed by atoms with Gasteiger partial charge in [0.05, 0.1) is 0 Å². The summed E-state index contributed by atoms with van der Waals surface area (Å²) >= 11 is 0. The second kappa shape index (κ2) is 33.5. The molecule has 0 fully saturated rings. The number of nitrogens with one attached hydrogen (secondary N) is 1. The van der Waals surface area contributed by atoms with E-state index >= 15 is 0 Å². The maximum atomic E-state index is 12.5. The van der Waals surface area contributed by atoms with Crippen molar-refractivity contribution in [2.45, 2.75) is 206 Å². The van der Waals surface area contributed by atoms with E-state index in [1.807, 2.05) is 0 Å². The predicted octanol–water partition coefficient (Wildman–Crippen LogP) is 9.95. The Morgan fingerprint density at radius 3 is 1.64 bits per heavy atom. The first kappa shape index (κ1) is 43.1. The number of hydrogen-bond donors (Lipinski definition) is 3. The van der Waals surface area contributed by atoms with Crippen LogP contribution >= 0.6 is 0 Å². The Labute approximate surface area is 277 Å². The third-order valence-electron chi connectivity index (χ3n) is 8.58. The number of unbranched alkanes of at least 4 members (excludes halogenated alkanes) is 18. The fourth-order valence-electron chi connectivity index (χ4n) is 5.68. The number of carbonyl (C=O) groups is 3. The average molecular weight is 637 g/mol. The zero-order chi connectivity index (χ0) is 33.2. The second-order valence-corrected chi connectivity index (χ2v) is 13.0. The zero-order valence-corrected chi connectivity index (χ0v) is 29.5. The van der Waals surface area contributed by atoms with Gasteiger partial charge in [-0.1, -0.05) is 116 Å². The number of allylic oxidation sites excluding steroid dienone is 2. The van der Waals surface area contributed by atoms with E-state index in [1.54, 1.807) is 0 Å². The van der Waals surface area contributed by atoms with Gasteiger partial charge < -0.3 is 20.9 Å². The summed E-state index contributed by atoms with van der Waals surface area (Å²) in [5.41, 5.74) is 5.46. The van der Waals surface area contributed by atoms with Gasteiger partial charge in [0.2, 0.25) is 5.91 Å². The molecule has 0 bridgehead atoms. The SMILES string of the molecule is CCCCCCCCC/C=C\CCCCCCCCCC(=O)OC(CCCCC)CCCCCC(=O)NC(CCCN)C(=O)O. The molecule has 0 rings (SSSR count). The largest absolute Gasteiger partial charge is 0.480 e. The highest BCUT2D eigenvalue weighted by atomic mass is 16.5. The highest BCUT2D eigenvalue weighted by molar-refractivity contribution is 5.83. The Morgan fingerprint density at radius 2 is 1.09 bits per heavy atom. The predicted molar refractivity (Wildman–Crippen MR) is 188 cm³/mol. The summed E-state index contributed by atoms with van der Waals surface area (Å²) in [5, 5.41) is 11.9. The fourth-order valence-corrected chi connectivity index (χ4v) is 5.68. The molecule has 1 amide bonds. The number of amides is 1. The normalized spacial score (nSPS) is 12.8. The highest BCUT2D eigenvalue weighted by Gasteiger charge is 2.19. The lowest BCUT2D eigenvalue weighted by Crippen LogP contribution is -2.40. The molecule has 0 aromatic heterocycles. The average Bonchev–Trinajstić information content (AvgIpc) is 3.02. The van der Waals surface area contributed by atoms with Crippen LogP contribution in [0.2, 0.25) is 0 Å². The van der Waals surface area contributed by atoms with Crippen molar-refractivity contribution in [3.8, 4) is 0 Å². The van der Waals surface area contributed by atoms with E-state index in [0.717, 1.165) is 57.8 Å². The molecule has 0 aliphatic rings. The van der Waals surface area contributed by atoms with Crippen LogP contribution < -0.4 is 11.1 Å². The molecule has 264 valence electrons. The van der Waals surface area contributed by atoms with Crippen LogP contribution in [0.15, 0.2) is 12.2 Å². The van der Waals surface area contributed by atoms with Crippen LogP contribution in [0.3, 0.4) is 0 Å². The molecule has 0 spiro atoms. The number of carboxylic acid groups (broad SMARTS) is 1. The molecule has 2 unspecified atom stereocenters. The van der Waals surface area contributed by atoms with Crippen molar-refractivity contribution in [2.75, 3.05) is 6.54 Å². The van der Waals surface area contributed by atoms with E-state index in [1.165, 1.54) is 89.9 Å². The van der Waals surface area contributed by atoms with E-state index in [4.69, 9.17) is 10.5 Å². The molecule has 45 heavy (non-hydrogen) atoms. The minimum atomic E-state index is -1.02. The standard InChI is InChI=1S/C38H72N2O5/c1-3-5-7-8-9-10-11-12-13-14-15-16-17-18-19-20-21-26-32-37(42)45-34(28-23-6-4-2)29-24-22-25-31-36(41)40-35(38(43)44)30-27-33-39/h13-14,34-35H,3-12,15-33,39H2,1-2H3,(H,40,41)(H,43,44)/b14-13-. The molecular formula is C38H72N2O5. The van der Waals surface area contributed by atoms with Gasteiger partial charge in [0.25, 0.3) is 0 Å². The lowest BCUT2D eigenvalue weighted by molar-refractivity contribution is -0.150. The number of carboxylic acids is 1. The first-order valence-electron chi connectivity index (χ1n) is 19.0. The van der Waals surface area contributed by atoms with Gasteiger partial charge in [0, 0.05) is 12.8 Å². The summed E-state index contributed by atoms with van der Waals surface area (Å²) < 4.78 is 5.87. The van der Waals surface area contributed by atoms with E-state index in [2.05, 4.69) is 31.3 Å². The number of esters is 1. The van der Waals surface area contributed by atoms with Crippen molar-refractivity contribution in [2.24, 2.45) is 5.73 Å². The molecule has 0 aromatic rings. The molecule has 0 saturated carbocycles. The van der Waals surface area contributed by atoms with Gasteiger partial charge in [-0.25, -0.2) is 4.79 Å². The number of carbonyl (C=O) groups excluding carboxylic acids is 2. The molecule has 0 aliphatic carbocycles. The molecular weight excluding hydrogens is 564 g/mol. The van der Waals surface area contributed by atoms with Crippen molar-refractivity contribution >= 4 is 17.8 Å². The van der Waals surface area contributed by atoms with Gasteiger partial charge in [-0.2, -0.15) is 0 Å². The van der Waals surface area contributed by atoms with Gasteiger partial charge in [-0.05, 0) is 83.6 Å². The van der Waals surface area contributed by atoms with Crippen LogP contribution in [-0.4, -0.2) is 41.6 Å². The summed E-state index contributed by atoms with van der Waals surface area (Å²) in [4.78, 5) is 36.0. The number of nitrogens with two attached hydrogens (primary N) is 1. The molecule has 0 radical (unpaired) electrons. The number of aliphatic carboxylic acids is 1. The number of ether oxygens (including phenoxy) is 1. The minimum Gasteiger partial charge on any atom is -0.480 e. The van der Waals surface area contributed by atoms with Crippen LogP contribution in [0.1, 0.15) is 194 Å². The van der Waals surface area contributed by atoms with Gasteiger partial charge in [0.1, 0.15) is 12.1 Å². The molecule has 7 nitrogen and oxygen atoms in total. The zero-order valence-electron chi connectivity index (χ0n) is 29.5. The van der Waals surface area contributed by atoms with Crippen molar-refractivity contribution < 1.29 is 24.2 Å². The van der Waals surface area contributed by atoms with Crippen molar-refractivity contribution in [3.63, 3.8) is 0 Å². The Morgan fingerprint density at radius 1 is 0.622 bits per heavy atom. The Balaban J connectivity index is 3.92. The maximum absolute atomic E-state index is 12.5. The molecule has 0 heterocycles.